The summed E-state index contributed by atoms with van der Waals surface area (Å²) in [5.41, 5.74) is 3.66. The first-order valence-electron chi connectivity index (χ1n) is 7.84. The van der Waals surface area contributed by atoms with E-state index in [9.17, 15) is 4.79 Å². The lowest BCUT2D eigenvalue weighted by Gasteiger charge is -2.29. The Labute approximate surface area is 136 Å². The number of hydrogen-bond donors (Lipinski definition) is 0. The van der Waals surface area contributed by atoms with Crippen molar-refractivity contribution in [3.8, 4) is 0 Å². The summed E-state index contributed by atoms with van der Waals surface area (Å²) in [4.78, 5) is 12.2. The molecule has 0 fully saturated rings. The lowest BCUT2D eigenvalue weighted by Crippen LogP contribution is -2.33. The Balaban J connectivity index is 2.04. The monoisotopic (exact) mass is 308 g/mol. The van der Waals surface area contributed by atoms with Crippen LogP contribution in [0.2, 0.25) is 0 Å². The Morgan fingerprint density at radius 3 is 2.57 bits per heavy atom. The highest BCUT2D eigenvalue weighted by atomic mass is 16.7. The Morgan fingerprint density at radius 2 is 1.83 bits per heavy atom. The zero-order chi connectivity index (χ0) is 16.3. The molecule has 3 nitrogen and oxygen atoms in total. The molecule has 0 saturated heterocycles. The van der Waals surface area contributed by atoms with Crippen LogP contribution in [-0.2, 0) is 28.1 Å². The van der Waals surface area contributed by atoms with Crippen LogP contribution in [0.1, 0.15) is 34.0 Å². The van der Waals surface area contributed by atoms with Crippen LogP contribution in [0.5, 0.6) is 0 Å². The van der Waals surface area contributed by atoms with Crippen molar-refractivity contribution in [2.75, 3.05) is 6.61 Å². The zero-order valence-corrected chi connectivity index (χ0v) is 13.2. The van der Waals surface area contributed by atoms with E-state index in [1.54, 1.807) is 6.07 Å². The van der Waals surface area contributed by atoms with Crippen molar-refractivity contribution in [1.82, 2.24) is 0 Å². The molecule has 0 N–H and O–H groups in total. The number of fused-ring (bicyclic) bond motifs is 1. The van der Waals surface area contributed by atoms with Crippen LogP contribution in [0.3, 0.4) is 0 Å². The topological polar surface area (TPSA) is 35.5 Å². The molecule has 1 unspecified atom stereocenters. The quantitative estimate of drug-likeness (QED) is 0.597. The Bertz CT molecular complexity index is 735. The third-order valence-electron chi connectivity index (χ3n) is 4.10. The Hall–Kier alpha value is -2.39. The maximum absolute atomic E-state index is 12.2. The Kier molecular flexibility index (Phi) is 4.30. The molecule has 3 rings (SSSR count). The third-order valence-corrected chi connectivity index (χ3v) is 4.10. The molecule has 1 heterocycles. The molecule has 2 aromatic rings. The van der Waals surface area contributed by atoms with E-state index in [1.807, 2.05) is 49.4 Å². The first-order valence-corrected chi connectivity index (χ1v) is 7.84. The fraction of sp³-hybridized carbons (Fsp3) is 0.250. The lowest BCUT2D eigenvalue weighted by atomic mass is 9.92. The predicted molar refractivity (Wildman–Crippen MR) is 89.2 cm³/mol. The summed E-state index contributed by atoms with van der Waals surface area (Å²) in [7, 11) is 0. The summed E-state index contributed by atoms with van der Waals surface area (Å²) in [5.74, 6) is -1.37. The second-order valence-electron chi connectivity index (χ2n) is 5.56. The lowest BCUT2D eigenvalue weighted by molar-refractivity contribution is -0.200. The SMILES string of the molecule is C=CCc1ccccc1CC1(OCC)OC(=O)c2ccccc21. The van der Waals surface area contributed by atoms with Crippen molar-refractivity contribution in [3.05, 3.63) is 83.4 Å². The number of carbonyl (C=O) groups excluding carboxylic acids is 1. The maximum atomic E-state index is 12.2. The molecular formula is C20H20O3. The molecule has 0 bridgehead atoms. The van der Waals surface area contributed by atoms with E-state index < -0.39 is 5.79 Å². The second kappa shape index (κ2) is 6.39. The van der Waals surface area contributed by atoms with Gasteiger partial charge in [0.2, 0.25) is 5.79 Å². The van der Waals surface area contributed by atoms with E-state index in [0.29, 0.717) is 18.6 Å². The first-order chi connectivity index (χ1) is 11.2. The van der Waals surface area contributed by atoms with Crippen molar-refractivity contribution in [1.29, 1.82) is 0 Å². The number of ether oxygens (including phenoxy) is 2. The molecule has 23 heavy (non-hydrogen) atoms. The van der Waals surface area contributed by atoms with Crippen molar-refractivity contribution >= 4 is 5.97 Å². The summed E-state index contributed by atoms with van der Waals surface area (Å²) >= 11 is 0. The normalized spacial score (nSPS) is 19.3. The summed E-state index contributed by atoms with van der Waals surface area (Å²) in [5, 5.41) is 0. The predicted octanol–water partition coefficient (Wildman–Crippen LogP) is 4.02. The molecule has 1 atom stereocenters. The minimum atomic E-state index is -1.04. The maximum Gasteiger partial charge on any atom is 0.341 e. The number of allylic oxidation sites excluding steroid dienone is 1. The summed E-state index contributed by atoms with van der Waals surface area (Å²) in [6, 6.07) is 15.6. The fourth-order valence-electron chi connectivity index (χ4n) is 3.11. The number of hydrogen-bond acceptors (Lipinski definition) is 3. The summed E-state index contributed by atoms with van der Waals surface area (Å²) < 4.78 is 11.7. The molecule has 0 aromatic heterocycles. The van der Waals surface area contributed by atoms with Crippen LogP contribution in [0, 0.1) is 0 Å². The van der Waals surface area contributed by atoms with Gasteiger partial charge in [-0.1, -0.05) is 48.5 Å². The van der Waals surface area contributed by atoms with Gasteiger partial charge in [0.25, 0.3) is 0 Å². The molecule has 0 saturated carbocycles. The van der Waals surface area contributed by atoms with Gasteiger partial charge in [0, 0.05) is 18.6 Å². The smallest absolute Gasteiger partial charge is 0.341 e. The molecule has 0 amide bonds. The van der Waals surface area contributed by atoms with E-state index in [4.69, 9.17) is 9.47 Å². The highest BCUT2D eigenvalue weighted by Crippen LogP contribution is 2.40. The highest BCUT2D eigenvalue weighted by Gasteiger charge is 2.46. The number of carbonyl (C=O) groups is 1. The van der Waals surface area contributed by atoms with Crippen LogP contribution in [0.25, 0.3) is 0 Å². The van der Waals surface area contributed by atoms with Crippen LogP contribution < -0.4 is 0 Å². The van der Waals surface area contributed by atoms with E-state index >= 15 is 0 Å². The first kappa shape index (κ1) is 15.5. The molecule has 118 valence electrons. The average molecular weight is 308 g/mol. The molecule has 0 aliphatic carbocycles. The number of esters is 1. The minimum absolute atomic E-state index is 0.324. The molecular weight excluding hydrogens is 288 g/mol. The van der Waals surface area contributed by atoms with Crippen LogP contribution >= 0.6 is 0 Å². The minimum Gasteiger partial charge on any atom is -0.425 e. The fourth-order valence-corrected chi connectivity index (χ4v) is 3.11. The van der Waals surface area contributed by atoms with Gasteiger partial charge < -0.3 is 9.47 Å². The number of benzene rings is 2. The van der Waals surface area contributed by atoms with E-state index in [0.717, 1.165) is 17.5 Å². The van der Waals surface area contributed by atoms with Crippen molar-refractivity contribution in [2.24, 2.45) is 0 Å². The molecule has 1 aliphatic heterocycles. The highest BCUT2D eigenvalue weighted by molar-refractivity contribution is 5.94. The summed E-state index contributed by atoms with van der Waals surface area (Å²) in [6.45, 7) is 6.19. The molecule has 2 aromatic carbocycles. The van der Waals surface area contributed by atoms with Gasteiger partial charge >= 0.3 is 5.97 Å². The van der Waals surface area contributed by atoms with Crippen molar-refractivity contribution in [2.45, 2.75) is 25.6 Å². The largest absolute Gasteiger partial charge is 0.425 e. The van der Waals surface area contributed by atoms with Crippen LogP contribution in [0.4, 0.5) is 0 Å². The van der Waals surface area contributed by atoms with Gasteiger partial charge in [-0.05, 0) is 30.5 Å². The molecule has 0 spiro atoms. The van der Waals surface area contributed by atoms with Gasteiger partial charge in [0.15, 0.2) is 0 Å². The van der Waals surface area contributed by atoms with Gasteiger partial charge in [-0.15, -0.1) is 6.58 Å². The molecule has 3 heteroatoms. The van der Waals surface area contributed by atoms with Crippen LogP contribution in [0.15, 0.2) is 61.2 Å². The van der Waals surface area contributed by atoms with Gasteiger partial charge in [-0.25, -0.2) is 4.79 Å². The van der Waals surface area contributed by atoms with E-state index in [1.165, 1.54) is 5.56 Å². The van der Waals surface area contributed by atoms with Crippen LogP contribution in [-0.4, -0.2) is 12.6 Å². The summed E-state index contributed by atoms with van der Waals surface area (Å²) in [6.07, 6.45) is 3.14. The van der Waals surface area contributed by atoms with E-state index in [-0.39, 0.29) is 5.97 Å². The van der Waals surface area contributed by atoms with Gasteiger partial charge in [-0.3, -0.25) is 0 Å². The zero-order valence-electron chi connectivity index (χ0n) is 13.2. The second-order valence-corrected chi connectivity index (χ2v) is 5.56. The van der Waals surface area contributed by atoms with Gasteiger partial charge in [0.05, 0.1) is 5.56 Å². The van der Waals surface area contributed by atoms with Crippen molar-refractivity contribution < 1.29 is 14.3 Å². The third kappa shape index (κ3) is 2.80. The standard InChI is InChI=1S/C20H20O3/c1-3-9-15-10-5-6-11-16(15)14-20(22-4-2)18-13-8-7-12-17(18)19(21)23-20/h3,5-8,10-13H,1,4,9,14H2,2H3. The number of rotatable bonds is 6. The van der Waals surface area contributed by atoms with E-state index in [2.05, 4.69) is 12.6 Å². The van der Waals surface area contributed by atoms with Crippen molar-refractivity contribution in [3.63, 3.8) is 0 Å². The molecule has 1 aliphatic rings. The average Bonchev–Trinajstić information content (AvgIpc) is 2.83. The van der Waals surface area contributed by atoms with Gasteiger partial charge in [-0.2, -0.15) is 0 Å². The molecule has 0 radical (unpaired) electrons. The number of cyclic esters (lactones) is 1. The Morgan fingerprint density at radius 1 is 1.13 bits per heavy atom. The van der Waals surface area contributed by atoms with Gasteiger partial charge in [0.1, 0.15) is 0 Å².